The van der Waals surface area contributed by atoms with Gasteiger partial charge in [-0.25, -0.2) is 8.42 Å². The van der Waals surface area contributed by atoms with Crippen LogP contribution in [0.25, 0.3) is 10.9 Å². The molecule has 1 saturated heterocycles. The second-order valence-electron chi connectivity index (χ2n) is 7.17. The number of pyridine rings is 1. The summed E-state index contributed by atoms with van der Waals surface area (Å²) in [5.74, 6) is -0.0723. The van der Waals surface area contributed by atoms with Crippen molar-refractivity contribution < 1.29 is 8.42 Å². The minimum Gasteiger partial charge on any atom is -0.296 e. The number of halogens is 2. The predicted molar refractivity (Wildman–Crippen MR) is 118 cm³/mol. The first-order valence-corrected chi connectivity index (χ1v) is 11.8. The lowest BCUT2D eigenvalue weighted by Crippen LogP contribution is -2.48. The second kappa shape index (κ2) is 8.58. The van der Waals surface area contributed by atoms with Crippen molar-refractivity contribution in [1.29, 1.82) is 0 Å². The van der Waals surface area contributed by atoms with Crippen LogP contribution in [0, 0.1) is 0 Å². The maximum absolute atomic E-state index is 12.8. The van der Waals surface area contributed by atoms with E-state index in [9.17, 15) is 8.42 Å². The summed E-state index contributed by atoms with van der Waals surface area (Å²) in [6.07, 6.45) is 1.80. The number of benzene rings is 2. The molecule has 0 atom stereocenters. The molecule has 0 spiro atoms. The van der Waals surface area contributed by atoms with Crippen molar-refractivity contribution in [1.82, 2.24) is 14.2 Å². The monoisotopic (exact) mass is 449 g/mol. The highest BCUT2D eigenvalue weighted by molar-refractivity contribution is 7.88. The molecular formula is C21H21Cl2N3O2S. The number of hydrogen-bond acceptors (Lipinski definition) is 4. The van der Waals surface area contributed by atoms with Gasteiger partial charge in [0.15, 0.2) is 0 Å². The van der Waals surface area contributed by atoms with Crippen LogP contribution < -0.4 is 0 Å². The summed E-state index contributed by atoms with van der Waals surface area (Å²) in [6, 6.07) is 15.1. The Bertz CT molecular complexity index is 1120. The molecule has 152 valence electrons. The molecule has 29 heavy (non-hydrogen) atoms. The lowest BCUT2D eigenvalue weighted by atomic mass is 10.1. The summed E-state index contributed by atoms with van der Waals surface area (Å²) in [7, 11) is -3.40. The van der Waals surface area contributed by atoms with Crippen molar-refractivity contribution in [3.8, 4) is 0 Å². The largest absolute Gasteiger partial charge is 0.296 e. The molecule has 8 heteroatoms. The second-order valence-corrected chi connectivity index (χ2v) is 9.96. The summed E-state index contributed by atoms with van der Waals surface area (Å²) in [5.41, 5.74) is 2.81. The van der Waals surface area contributed by atoms with Crippen LogP contribution in [0.3, 0.4) is 0 Å². The van der Waals surface area contributed by atoms with Crippen molar-refractivity contribution in [2.45, 2.75) is 12.3 Å². The van der Waals surface area contributed by atoms with Crippen molar-refractivity contribution in [2.75, 3.05) is 26.2 Å². The first-order chi connectivity index (χ1) is 13.9. The number of rotatable bonds is 5. The molecule has 2 aromatic carbocycles. The Kier molecular flexibility index (Phi) is 6.08. The number of aromatic nitrogens is 1. The standard InChI is InChI=1S/C21H21Cl2N3O2S/c22-19-7-6-16(13-20(19)23)15-29(27,28)26-11-9-25(10-12-26)14-18-4-1-3-17-5-2-8-24-21(17)18/h1-8,13H,9-12,14-15H2. The lowest BCUT2D eigenvalue weighted by molar-refractivity contribution is 0.182. The summed E-state index contributed by atoms with van der Waals surface area (Å²) in [4.78, 5) is 6.78. The molecule has 2 heterocycles. The lowest BCUT2D eigenvalue weighted by Gasteiger charge is -2.34. The molecule has 1 fully saturated rings. The zero-order valence-electron chi connectivity index (χ0n) is 15.8. The van der Waals surface area contributed by atoms with Crippen LogP contribution in [-0.4, -0.2) is 48.8 Å². The third-order valence-corrected chi connectivity index (χ3v) is 7.76. The highest BCUT2D eigenvalue weighted by atomic mass is 35.5. The average Bonchev–Trinajstić information content (AvgIpc) is 2.71. The highest BCUT2D eigenvalue weighted by Crippen LogP contribution is 2.25. The van der Waals surface area contributed by atoms with Gasteiger partial charge in [0, 0.05) is 44.3 Å². The van der Waals surface area contributed by atoms with E-state index in [1.807, 2.05) is 12.1 Å². The highest BCUT2D eigenvalue weighted by Gasteiger charge is 2.27. The zero-order chi connectivity index (χ0) is 20.4. The average molecular weight is 450 g/mol. The van der Waals surface area contributed by atoms with Gasteiger partial charge >= 0.3 is 0 Å². The molecule has 3 aromatic rings. The fourth-order valence-corrected chi connectivity index (χ4v) is 5.46. The van der Waals surface area contributed by atoms with Crippen molar-refractivity contribution in [2.24, 2.45) is 0 Å². The Morgan fingerprint density at radius 1 is 0.931 bits per heavy atom. The normalized spacial score (nSPS) is 16.3. The van der Waals surface area contributed by atoms with Gasteiger partial charge in [0.2, 0.25) is 10.0 Å². The van der Waals surface area contributed by atoms with Crippen LogP contribution in [0.2, 0.25) is 10.0 Å². The van der Waals surface area contributed by atoms with Gasteiger partial charge < -0.3 is 0 Å². The van der Waals surface area contributed by atoms with Crippen molar-refractivity contribution in [3.05, 3.63) is 75.9 Å². The van der Waals surface area contributed by atoms with Gasteiger partial charge in [0.25, 0.3) is 0 Å². The van der Waals surface area contributed by atoms with Gasteiger partial charge in [-0.05, 0) is 29.3 Å². The molecule has 0 aliphatic carbocycles. The minimum atomic E-state index is -3.40. The van der Waals surface area contributed by atoms with E-state index in [0.29, 0.717) is 41.8 Å². The quantitative estimate of drug-likeness (QED) is 0.585. The molecule has 1 aromatic heterocycles. The third kappa shape index (κ3) is 4.73. The fourth-order valence-electron chi connectivity index (χ4n) is 3.63. The van der Waals surface area contributed by atoms with Gasteiger partial charge in [0.05, 0.1) is 21.3 Å². The van der Waals surface area contributed by atoms with Crippen LogP contribution in [0.15, 0.2) is 54.7 Å². The molecule has 0 saturated carbocycles. The van der Waals surface area contributed by atoms with E-state index in [1.54, 1.807) is 28.7 Å². The topological polar surface area (TPSA) is 53.5 Å². The van der Waals surface area contributed by atoms with E-state index in [-0.39, 0.29) is 5.75 Å². The molecule has 0 radical (unpaired) electrons. The number of hydrogen-bond donors (Lipinski definition) is 0. The number of sulfonamides is 1. The van der Waals surface area contributed by atoms with Crippen LogP contribution in [-0.2, 0) is 22.3 Å². The van der Waals surface area contributed by atoms with Gasteiger partial charge in [-0.3, -0.25) is 9.88 Å². The molecule has 0 N–H and O–H groups in total. The van der Waals surface area contributed by atoms with Gasteiger partial charge in [-0.1, -0.05) is 53.5 Å². The predicted octanol–water partition coefficient (Wildman–Crippen LogP) is 4.19. The van der Waals surface area contributed by atoms with Crippen LogP contribution in [0.4, 0.5) is 0 Å². The number of para-hydroxylation sites is 1. The molecule has 1 aliphatic rings. The number of piperazine rings is 1. The van der Waals surface area contributed by atoms with Crippen LogP contribution >= 0.6 is 23.2 Å². The van der Waals surface area contributed by atoms with E-state index in [0.717, 1.165) is 23.0 Å². The summed E-state index contributed by atoms with van der Waals surface area (Å²) >= 11 is 11.9. The third-order valence-electron chi connectivity index (χ3n) is 5.17. The zero-order valence-corrected chi connectivity index (χ0v) is 18.1. The Hall–Kier alpha value is -1.70. The Balaban J connectivity index is 1.40. The Morgan fingerprint density at radius 3 is 2.45 bits per heavy atom. The summed E-state index contributed by atoms with van der Waals surface area (Å²) < 4.78 is 27.2. The molecule has 1 aliphatic heterocycles. The summed E-state index contributed by atoms with van der Waals surface area (Å²) in [6.45, 7) is 3.08. The maximum Gasteiger partial charge on any atom is 0.218 e. The first-order valence-electron chi connectivity index (χ1n) is 9.39. The fraction of sp³-hybridized carbons (Fsp3) is 0.286. The molecule has 0 unspecified atom stereocenters. The van der Waals surface area contributed by atoms with Crippen molar-refractivity contribution in [3.63, 3.8) is 0 Å². The van der Waals surface area contributed by atoms with E-state index in [1.165, 1.54) is 0 Å². The van der Waals surface area contributed by atoms with Gasteiger partial charge in [-0.15, -0.1) is 0 Å². The van der Waals surface area contributed by atoms with E-state index in [2.05, 4.69) is 28.1 Å². The SMILES string of the molecule is O=S(=O)(Cc1ccc(Cl)c(Cl)c1)N1CCN(Cc2cccc3cccnc23)CC1. The molecule has 4 rings (SSSR count). The van der Waals surface area contributed by atoms with E-state index >= 15 is 0 Å². The van der Waals surface area contributed by atoms with Gasteiger partial charge in [0.1, 0.15) is 0 Å². The molecule has 0 bridgehead atoms. The first kappa shape index (κ1) is 20.6. The van der Waals surface area contributed by atoms with E-state index < -0.39 is 10.0 Å². The van der Waals surface area contributed by atoms with E-state index in [4.69, 9.17) is 23.2 Å². The Morgan fingerprint density at radius 2 is 1.69 bits per heavy atom. The molecule has 5 nitrogen and oxygen atoms in total. The number of nitrogens with zero attached hydrogens (tertiary/aromatic N) is 3. The van der Waals surface area contributed by atoms with Gasteiger partial charge in [-0.2, -0.15) is 4.31 Å². The maximum atomic E-state index is 12.8. The van der Waals surface area contributed by atoms with Crippen LogP contribution in [0.1, 0.15) is 11.1 Å². The number of fused-ring (bicyclic) bond motifs is 1. The summed E-state index contributed by atoms with van der Waals surface area (Å²) in [5, 5.41) is 1.91. The smallest absolute Gasteiger partial charge is 0.218 e. The van der Waals surface area contributed by atoms with Crippen LogP contribution in [0.5, 0.6) is 0 Å². The Labute approximate surface area is 180 Å². The van der Waals surface area contributed by atoms with Crippen molar-refractivity contribution >= 4 is 44.1 Å². The molecule has 0 amide bonds. The molecular weight excluding hydrogens is 429 g/mol. The minimum absolute atomic E-state index is 0.0723.